The molecule has 0 fully saturated rings. The Hall–Kier alpha value is -2.09. The second-order valence-corrected chi connectivity index (χ2v) is 4.52. The lowest BCUT2D eigenvalue weighted by molar-refractivity contribution is -0.390. The monoisotopic (exact) mass is 324 g/mol. The average Bonchev–Trinajstić information content (AvgIpc) is 2.39. The second kappa shape index (κ2) is 5.70. The van der Waals surface area contributed by atoms with Gasteiger partial charge in [-0.3, -0.25) is 0 Å². The van der Waals surface area contributed by atoms with Crippen LogP contribution in [0.3, 0.4) is 0 Å². The molecule has 0 unspecified atom stereocenters. The predicted octanol–water partition coefficient (Wildman–Crippen LogP) is 2.68. The number of hydrogen-bond acceptors (Lipinski definition) is 6. The van der Waals surface area contributed by atoms with E-state index in [0.717, 1.165) is 0 Å². The Labute approximate surface area is 117 Å². The van der Waals surface area contributed by atoms with E-state index in [1.54, 1.807) is 25.4 Å². The van der Waals surface area contributed by atoms with Crippen LogP contribution in [-0.4, -0.2) is 19.9 Å². The highest BCUT2D eigenvalue weighted by molar-refractivity contribution is 9.10. The molecule has 0 aliphatic carbocycles. The Morgan fingerprint density at radius 1 is 1.37 bits per heavy atom. The van der Waals surface area contributed by atoms with Gasteiger partial charge in [-0.1, -0.05) is 0 Å². The Bertz CT molecular complexity index is 594. The van der Waals surface area contributed by atoms with Gasteiger partial charge in [0.25, 0.3) is 0 Å². The number of pyridine rings is 1. The van der Waals surface area contributed by atoms with Crippen molar-refractivity contribution in [3.05, 3.63) is 51.1 Å². The van der Waals surface area contributed by atoms with Gasteiger partial charge in [0.15, 0.2) is 18.1 Å². The first kappa shape index (κ1) is 13.3. The minimum atomic E-state index is -0.597. The van der Waals surface area contributed by atoms with Gasteiger partial charge < -0.3 is 14.9 Å². The molecule has 0 aliphatic heterocycles. The minimum Gasteiger partial charge on any atom is -0.474 e. The van der Waals surface area contributed by atoms with Gasteiger partial charge in [0.05, 0.1) is 4.47 Å². The van der Waals surface area contributed by atoms with Gasteiger partial charge in [0.1, 0.15) is 0 Å². The smallest absolute Gasteiger partial charge is 0.406 e. The van der Waals surface area contributed by atoms with Crippen molar-refractivity contribution in [2.45, 2.75) is 13.0 Å². The van der Waals surface area contributed by atoms with Crippen molar-refractivity contribution in [3.8, 4) is 5.75 Å². The van der Waals surface area contributed by atoms with Gasteiger partial charge >= 0.3 is 5.82 Å². The third-order valence-corrected chi connectivity index (χ3v) is 2.66. The molecule has 0 spiro atoms. The van der Waals surface area contributed by atoms with Crippen LogP contribution in [0.1, 0.15) is 18.9 Å². The fourth-order valence-corrected chi connectivity index (χ4v) is 1.71. The van der Waals surface area contributed by atoms with Crippen molar-refractivity contribution < 1.29 is 9.66 Å². The molecule has 2 rings (SSSR count). The van der Waals surface area contributed by atoms with Gasteiger partial charge in [0.2, 0.25) is 5.75 Å². The average molecular weight is 325 g/mol. The van der Waals surface area contributed by atoms with Crippen molar-refractivity contribution in [1.29, 1.82) is 0 Å². The number of aromatic nitrogens is 3. The molecule has 98 valence electrons. The van der Waals surface area contributed by atoms with E-state index in [2.05, 4.69) is 30.9 Å². The summed E-state index contributed by atoms with van der Waals surface area (Å²) in [6.45, 7) is 1.71. The largest absolute Gasteiger partial charge is 0.474 e. The topological polar surface area (TPSA) is 91.0 Å². The van der Waals surface area contributed by atoms with E-state index in [1.807, 2.05) is 0 Å². The molecule has 2 aromatic rings. The third kappa shape index (κ3) is 3.22. The van der Waals surface area contributed by atoms with Crippen LogP contribution < -0.4 is 4.74 Å². The number of nitrogens with zero attached hydrogens (tertiary/aromatic N) is 4. The highest BCUT2D eigenvalue weighted by Gasteiger charge is 2.21. The van der Waals surface area contributed by atoms with E-state index in [1.165, 1.54) is 12.3 Å². The summed E-state index contributed by atoms with van der Waals surface area (Å²) in [4.78, 5) is 22.1. The summed E-state index contributed by atoms with van der Waals surface area (Å²) in [5, 5.41) is 10.9. The van der Waals surface area contributed by atoms with Crippen LogP contribution in [0.2, 0.25) is 0 Å². The molecule has 19 heavy (non-hydrogen) atoms. The molecule has 0 saturated heterocycles. The lowest BCUT2D eigenvalue weighted by atomic mass is 10.3. The van der Waals surface area contributed by atoms with E-state index in [-0.39, 0.29) is 11.6 Å². The van der Waals surface area contributed by atoms with Crippen molar-refractivity contribution in [2.24, 2.45) is 0 Å². The zero-order valence-electron chi connectivity index (χ0n) is 9.86. The molecule has 7 nitrogen and oxygen atoms in total. The summed E-state index contributed by atoms with van der Waals surface area (Å²) in [5.74, 6) is 0.169. The Kier molecular flexibility index (Phi) is 4.00. The maximum absolute atomic E-state index is 10.9. The summed E-state index contributed by atoms with van der Waals surface area (Å²) >= 11 is 3.20. The van der Waals surface area contributed by atoms with Crippen LogP contribution in [0.5, 0.6) is 5.75 Å². The fourth-order valence-electron chi connectivity index (χ4n) is 1.40. The van der Waals surface area contributed by atoms with Crippen molar-refractivity contribution in [1.82, 2.24) is 15.0 Å². The summed E-state index contributed by atoms with van der Waals surface area (Å²) in [7, 11) is 0. The van der Waals surface area contributed by atoms with Crippen molar-refractivity contribution in [2.75, 3.05) is 0 Å². The van der Waals surface area contributed by atoms with Gasteiger partial charge in [-0.05, 0) is 38.8 Å². The van der Waals surface area contributed by atoms with E-state index in [9.17, 15) is 10.1 Å². The van der Waals surface area contributed by atoms with Crippen LogP contribution in [0.4, 0.5) is 5.82 Å². The zero-order chi connectivity index (χ0) is 13.8. The number of hydrogen-bond donors (Lipinski definition) is 0. The van der Waals surface area contributed by atoms with Gasteiger partial charge in [-0.2, -0.15) is 0 Å². The van der Waals surface area contributed by atoms with E-state index < -0.39 is 11.0 Å². The van der Waals surface area contributed by atoms with E-state index >= 15 is 0 Å². The van der Waals surface area contributed by atoms with E-state index in [4.69, 9.17) is 4.74 Å². The molecule has 0 aliphatic rings. The summed E-state index contributed by atoms with van der Waals surface area (Å²) in [6, 6.07) is 3.17. The molecule has 8 heteroatoms. The quantitative estimate of drug-likeness (QED) is 0.634. The van der Waals surface area contributed by atoms with Crippen LogP contribution >= 0.6 is 15.9 Å². The molecule has 2 heterocycles. The first-order valence-electron chi connectivity index (χ1n) is 5.31. The SMILES string of the molecule is C[C@@H](Oc1cc(Br)cnc1[N+](=O)[O-])c1ncccn1. The highest BCUT2D eigenvalue weighted by Crippen LogP contribution is 2.30. The predicted molar refractivity (Wildman–Crippen MR) is 69.7 cm³/mol. The lowest BCUT2D eigenvalue weighted by Gasteiger charge is -2.12. The Morgan fingerprint density at radius 3 is 2.68 bits per heavy atom. The summed E-state index contributed by atoms with van der Waals surface area (Å²) < 4.78 is 6.11. The Morgan fingerprint density at radius 2 is 2.05 bits per heavy atom. The number of ether oxygens (including phenoxy) is 1. The molecule has 0 aromatic carbocycles. The highest BCUT2D eigenvalue weighted by atomic mass is 79.9. The maximum atomic E-state index is 10.9. The third-order valence-electron chi connectivity index (χ3n) is 2.23. The van der Waals surface area contributed by atoms with Crippen LogP contribution in [0.15, 0.2) is 35.2 Å². The Balaban J connectivity index is 2.28. The summed E-state index contributed by atoms with van der Waals surface area (Å²) in [6.07, 6.45) is 3.98. The fraction of sp³-hybridized carbons (Fsp3) is 0.182. The molecule has 1 atom stereocenters. The van der Waals surface area contributed by atoms with E-state index in [0.29, 0.717) is 10.3 Å². The summed E-state index contributed by atoms with van der Waals surface area (Å²) in [5.41, 5.74) is 0. The zero-order valence-corrected chi connectivity index (χ0v) is 11.4. The van der Waals surface area contributed by atoms with Crippen LogP contribution in [0, 0.1) is 10.1 Å². The maximum Gasteiger partial charge on any atom is 0.406 e. The molecule has 0 radical (unpaired) electrons. The van der Waals surface area contributed by atoms with Gasteiger partial charge in [0, 0.05) is 18.5 Å². The second-order valence-electron chi connectivity index (χ2n) is 3.60. The molecular formula is C11H9BrN4O3. The molecule has 0 saturated carbocycles. The molecule has 0 amide bonds. The van der Waals surface area contributed by atoms with Crippen LogP contribution in [0.25, 0.3) is 0 Å². The van der Waals surface area contributed by atoms with Crippen LogP contribution in [-0.2, 0) is 0 Å². The lowest BCUT2D eigenvalue weighted by Crippen LogP contribution is -2.09. The minimum absolute atomic E-state index is 0.0688. The van der Waals surface area contributed by atoms with Crippen molar-refractivity contribution in [3.63, 3.8) is 0 Å². The van der Waals surface area contributed by atoms with Gasteiger partial charge in [-0.25, -0.2) is 9.97 Å². The number of halogens is 1. The molecular weight excluding hydrogens is 316 g/mol. The molecule has 2 aromatic heterocycles. The van der Waals surface area contributed by atoms with Gasteiger partial charge in [-0.15, -0.1) is 0 Å². The molecule has 0 bridgehead atoms. The first-order chi connectivity index (χ1) is 9.08. The first-order valence-corrected chi connectivity index (χ1v) is 6.10. The standard InChI is InChI=1S/C11H9BrN4O3/c1-7(10-13-3-2-4-14-10)19-9-5-8(12)6-15-11(9)16(17)18/h2-7H,1H3/t7-/m1/s1. The normalized spacial score (nSPS) is 11.9. The number of rotatable bonds is 4. The molecule has 0 N–H and O–H groups in total. The number of nitro groups is 1. The van der Waals surface area contributed by atoms with Crippen molar-refractivity contribution >= 4 is 21.7 Å².